The maximum atomic E-state index is 5.50. The van der Waals surface area contributed by atoms with E-state index in [0.29, 0.717) is 12.6 Å². The Morgan fingerprint density at radius 1 is 1.24 bits per heavy atom. The van der Waals surface area contributed by atoms with E-state index in [1.54, 1.807) is 11.3 Å². The fraction of sp³-hybridized carbons (Fsp3) is 0.524. The summed E-state index contributed by atoms with van der Waals surface area (Å²) in [5.41, 5.74) is 2.20. The minimum atomic E-state index is 0. The Morgan fingerprint density at radius 3 is 2.79 bits per heavy atom. The number of ether oxygens (including phenoxy) is 1. The third-order valence-corrected chi connectivity index (χ3v) is 6.18. The van der Waals surface area contributed by atoms with Crippen molar-refractivity contribution in [2.45, 2.75) is 25.9 Å². The van der Waals surface area contributed by atoms with Gasteiger partial charge < -0.3 is 15.0 Å². The van der Waals surface area contributed by atoms with E-state index >= 15 is 0 Å². The maximum Gasteiger partial charge on any atom is 0.194 e. The van der Waals surface area contributed by atoms with E-state index in [4.69, 9.17) is 14.7 Å². The molecule has 0 saturated carbocycles. The number of aliphatic imine (C=N–C) groups is 1. The average molecular weight is 527 g/mol. The van der Waals surface area contributed by atoms with Crippen molar-refractivity contribution >= 4 is 41.3 Å². The first kappa shape index (κ1) is 22.5. The number of nitrogens with zero attached hydrogens (tertiary/aromatic N) is 4. The molecule has 158 valence electrons. The predicted octanol–water partition coefficient (Wildman–Crippen LogP) is 3.30. The fourth-order valence-corrected chi connectivity index (χ4v) is 4.59. The van der Waals surface area contributed by atoms with Gasteiger partial charge in [0.1, 0.15) is 5.01 Å². The lowest BCUT2D eigenvalue weighted by atomic mass is 10.2. The van der Waals surface area contributed by atoms with Crippen molar-refractivity contribution < 1.29 is 4.74 Å². The Kier molecular flexibility index (Phi) is 8.70. The van der Waals surface area contributed by atoms with Gasteiger partial charge in [-0.05, 0) is 13.3 Å². The summed E-state index contributed by atoms with van der Waals surface area (Å²) in [6.07, 6.45) is 1.19. The molecule has 1 aromatic heterocycles. The number of hydrogen-bond donors (Lipinski definition) is 1. The van der Waals surface area contributed by atoms with Crippen molar-refractivity contribution in [3.05, 3.63) is 40.7 Å². The van der Waals surface area contributed by atoms with Gasteiger partial charge in [-0.15, -0.1) is 35.3 Å². The summed E-state index contributed by atoms with van der Waals surface area (Å²) in [5.74, 6) is 1.01. The molecule has 1 atom stereocenters. The van der Waals surface area contributed by atoms with Crippen LogP contribution in [-0.2, 0) is 11.3 Å². The summed E-state index contributed by atoms with van der Waals surface area (Å²) < 4.78 is 5.50. The zero-order valence-electron chi connectivity index (χ0n) is 16.9. The molecule has 3 heterocycles. The van der Waals surface area contributed by atoms with E-state index in [9.17, 15) is 0 Å². The summed E-state index contributed by atoms with van der Waals surface area (Å²) in [7, 11) is 0. The number of hydrogen-bond acceptors (Lipinski definition) is 5. The summed E-state index contributed by atoms with van der Waals surface area (Å²) >= 11 is 1.68. The van der Waals surface area contributed by atoms with Crippen molar-refractivity contribution in [1.82, 2.24) is 20.1 Å². The second kappa shape index (κ2) is 11.2. The topological polar surface area (TPSA) is 53.0 Å². The zero-order valence-corrected chi connectivity index (χ0v) is 20.1. The van der Waals surface area contributed by atoms with Gasteiger partial charge in [0.15, 0.2) is 5.96 Å². The van der Waals surface area contributed by atoms with Crippen LogP contribution < -0.4 is 5.32 Å². The number of benzene rings is 1. The number of nitrogens with one attached hydrogen (secondary N) is 1. The molecular formula is C21H30IN5OS. The van der Waals surface area contributed by atoms with Crippen LogP contribution >= 0.6 is 35.3 Å². The normalized spacial score (nSPS) is 20.5. The molecule has 0 bridgehead atoms. The van der Waals surface area contributed by atoms with Gasteiger partial charge in [0.25, 0.3) is 0 Å². The number of likely N-dealkylation sites (tertiary alicyclic amines) is 1. The second-order valence-corrected chi connectivity index (χ2v) is 8.14. The van der Waals surface area contributed by atoms with Crippen molar-refractivity contribution in [3.63, 3.8) is 0 Å². The molecule has 2 aliphatic heterocycles. The fourth-order valence-electron chi connectivity index (χ4n) is 3.87. The number of halogens is 1. The highest BCUT2D eigenvalue weighted by molar-refractivity contribution is 14.0. The van der Waals surface area contributed by atoms with Crippen LogP contribution in [-0.4, -0.2) is 72.7 Å². The molecule has 0 spiro atoms. The molecule has 0 amide bonds. The van der Waals surface area contributed by atoms with Gasteiger partial charge in [-0.1, -0.05) is 30.3 Å². The molecule has 1 N–H and O–H groups in total. The van der Waals surface area contributed by atoms with E-state index in [2.05, 4.69) is 39.6 Å². The third kappa shape index (κ3) is 5.90. The van der Waals surface area contributed by atoms with Crippen LogP contribution in [0, 0.1) is 0 Å². The van der Waals surface area contributed by atoms with Crippen LogP contribution in [0.3, 0.4) is 0 Å². The van der Waals surface area contributed by atoms with E-state index in [-0.39, 0.29) is 24.0 Å². The van der Waals surface area contributed by atoms with Gasteiger partial charge in [-0.2, -0.15) is 0 Å². The molecule has 1 unspecified atom stereocenters. The minimum absolute atomic E-state index is 0. The first-order chi connectivity index (χ1) is 13.8. The molecular weight excluding hydrogens is 497 g/mol. The molecule has 8 heteroatoms. The second-order valence-electron chi connectivity index (χ2n) is 7.20. The zero-order chi connectivity index (χ0) is 19.2. The van der Waals surface area contributed by atoms with E-state index in [0.717, 1.165) is 68.2 Å². The van der Waals surface area contributed by atoms with Gasteiger partial charge in [-0.25, -0.2) is 9.98 Å². The van der Waals surface area contributed by atoms with Gasteiger partial charge >= 0.3 is 0 Å². The Hall–Kier alpha value is -1.23. The van der Waals surface area contributed by atoms with Crippen molar-refractivity contribution in [3.8, 4) is 11.3 Å². The quantitative estimate of drug-likeness (QED) is 0.368. The molecule has 2 aliphatic rings. The summed E-state index contributed by atoms with van der Waals surface area (Å²) in [6, 6.07) is 10.9. The lowest BCUT2D eigenvalue weighted by molar-refractivity contribution is 0.0195. The molecule has 4 rings (SSSR count). The van der Waals surface area contributed by atoms with E-state index < -0.39 is 0 Å². The average Bonchev–Trinajstić information content (AvgIpc) is 3.43. The van der Waals surface area contributed by atoms with Crippen molar-refractivity contribution in [1.29, 1.82) is 0 Å². The highest BCUT2D eigenvalue weighted by atomic mass is 127. The van der Waals surface area contributed by atoms with E-state index in [1.807, 2.05) is 18.2 Å². The summed E-state index contributed by atoms with van der Waals surface area (Å²) in [6.45, 7) is 9.54. The van der Waals surface area contributed by atoms with Crippen LogP contribution in [0.25, 0.3) is 11.3 Å². The van der Waals surface area contributed by atoms with Crippen molar-refractivity contribution in [2.24, 2.45) is 4.99 Å². The lowest BCUT2D eigenvalue weighted by Gasteiger charge is -2.32. The van der Waals surface area contributed by atoms with Gasteiger partial charge in [0.2, 0.25) is 0 Å². The molecule has 2 fully saturated rings. The van der Waals surface area contributed by atoms with Crippen molar-refractivity contribution in [2.75, 3.05) is 45.9 Å². The molecule has 2 saturated heterocycles. The SMILES string of the molecule is CCNC(=NCc1nc(-c2ccccc2)cs1)N1CCC(N2CCOCC2)C1.I. The lowest BCUT2D eigenvalue weighted by Crippen LogP contribution is -2.46. The van der Waals surface area contributed by atoms with Gasteiger partial charge in [-0.3, -0.25) is 4.90 Å². The number of morpholine rings is 1. The monoisotopic (exact) mass is 527 g/mol. The number of guanidine groups is 1. The van der Waals surface area contributed by atoms with Gasteiger partial charge in [0.05, 0.1) is 25.5 Å². The molecule has 0 aliphatic carbocycles. The highest BCUT2D eigenvalue weighted by Gasteiger charge is 2.30. The number of thiazole rings is 1. The first-order valence-corrected chi connectivity index (χ1v) is 11.1. The highest BCUT2D eigenvalue weighted by Crippen LogP contribution is 2.22. The van der Waals surface area contributed by atoms with E-state index in [1.165, 1.54) is 6.42 Å². The standard InChI is InChI=1S/C21H29N5OS.HI/c1-2-22-21(26-9-8-18(15-26)25-10-12-27-13-11-25)23-14-20-24-19(16-28-20)17-6-4-3-5-7-17;/h3-7,16,18H,2,8-15H2,1H3,(H,22,23);1H. The Balaban J connectivity index is 0.00000240. The molecule has 2 aromatic rings. The predicted molar refractivity (Wildman–Crippen MR) is 130 cm³/mol. The third-order valence-electron chi connectivity index (χ3n) is 5.35. The Morgan fingerprint density at radius 2 is 2.03 bits per heavy atom. The Bertz CT molecular complexity index is 778. The Labute approximate surface area is 194 Å². The number of aromatic nitrogens is 1. The molecule has 29 heavy (non-hydrogen) atoms. The minimum Gasteiger partial charge on any atom is -0.379 e. The largest absolute Gasteiger partial charge is 0.379 e. The summed E-state index contributed by atoms with van der Waals surface area (Å²) in [4.78, 5) is 14.6. The van der Waals surface area contributed by atoms with Crippen LogP contribution in [0.2, 0.25) is 0 Å². The number of rotatable bonds is 5. The maximum absolute atomic E-state index is 5.50. The smallest absolute Gasteiger partial charge is 0.194 e. The first-order valence-electron chi connectivity index (χ1n) is 10.2. The van der Waals surface area contributed by atoms with Gasteiger partial charge in [0, 0.05) is 49.7 Å². The van der Waals surface area contributed by atoms with Crippen LogP contribution in [0.1, 0.15) is 18.4 Å². The summed E-state index contributed by atoms with van der Waals surface area (Å²) in [5, 5.41) is 6.64. The van der Waals surface area contributed by atoms with Crippen LogP contribution in [0.4, 0.5) is 0 Å². The molecule has 0 radical (unpaired) electrons. The van der Waals surface area contributed by atoms with Crippen LogP contribution in [0.5, 0.6) is 0 Å². The van der Waals surface area contributed by atoms with Crippen LogP contribution in [0.15, 0.2) is 40.7 Å². The molecule has 6 nitrogen and oxygen atoms in total. The molecule has 1 aromatic carbocycles.